The summed E-state index contributed by atoms with van der Waals surface area (Å²) < 4.78 is 41.5. The van der Waals surface area contributed by atoms with Gasteiger partial charge in [0.15, 0.2) is 5.82 Å². The normalized spacial score (nSPS) is 11.1. The summed E-state index contributed by atoms with van der Waals surface area (Å²) in [6, 6.07) is 20.2. The largest absolute Gasteiger partial charge is 0.488 e. The molecule has 1 heterocycles. The summed E-state index contributed by atoms with van der Waals surface area (Å²) in [6.07, 6.45) is 1.58. The fourth-order valence-corrected chi connectivity index (χ4v) is 3.40. The van der Waals surface area contributed by atoms with Gasteiger partial charge in [-0.1, -0.05) is 24.3 Å². The van der Waals surface area contributed by atoms with Gasteiger partial charge in [0.25, 0.3) is 0 Å². The first-order valence-electron chi connectivity index (χ1n) is 10.6. The minimum atomic E-state index is -2.91. The molecule has 184 valence electrons. The zero-order valence-corrected chi connectivity index (χ0v) is 19.7. The van der Waals surface area contributed by atoms with Gasteiger partial charge >= 0.3 is 12.6 Å². The number of rotatable bonds is 9. The van der Waals surface area contributed by atoms with Crippen molar-refractivity contribution in [1.82, 2.24) is 14.9 Å². The Morgan fingerprint density at radius 1 is 1.11 bits per heavy atom. The average molecular weight is 511 g/mol. The zero-order chi connectivity index (χ0) is 25.5. The van der Waals surface area contributed by atoms with Crippen LogP contribution in [0.5, 0.6) is 11.5 Å². The van der Waals surface area contributed by atoms with Crippen LogP contribution in [-0.2, 0) is 11.3 Å². The molecule has 0 bridgehead atoms. The van der Waals surface area contributed by atoms with Crippen molar-refractivity contribution in [2.24, 2.45) is 5.10 Å². The number of halogens is 2. The van der Waals surface area contributed by atoms with Crippen LogP contribution in [0.1, 0.15) is 21.5 Å². The van der Waals surface area contributed by atoms with Crippen LogP contribution in [0, 0.1) is 4.77 Å². The Morgan fingerprint density at radius 2 is 1.83 bits per heavy atom. The summed E-state index contributed by atoms with van der Waals surface area (Å²) in [5, 5.41) is 11.3. The molecule has 8 nitrogen and oxygen atoms in total. The second kappa shape index (κ2) is 11.4. The highest BCUT2D eigenvalue weighted by Crippen LogP contribution is 2.23. The third-order valence-corrected chi connectivity index (χ3v) is 5.25. The first kappa shape index (κ1) is 24.7. The standard InChI is InChI=1S/C25H20F2N4O4S/c1-33-23(32)18-8-6-16(7-9-18)15-34-21-5-3-2-4-19(21)14-28-31-22(29-30-25(31)36)17-10-12-20(13-11-17)35-24(26)27/h2-14,24H,15H2,1H3,(H,30,36). The minimum Gasteiger partial charge on any atom is -0.488 e. The molecule has 0 saturated heterocycles. The number of hydrogen-bond acceptors (Lipinski definition) is 7. The highest BCUT2D eigenvalue weighted by Gasteiger charge is 2.11. The van der Waals surface area contributed by atoms with Gasteiger partial charge in [0.05, 0.1) is 18.9 Å². The number of nitrogens with zero attached hydrogens (tertiary/aromatic N) is 3. The first-order valence-corrected chi connectivity index (χ1v) is 11.0. The molecular formula is C25H20F2N4O4S. The van der Waals surface area contributed by atoms with Crippen LogP contribution < -0.4 is 9.47 Å². The van der Waals surface area contributed by atoms with Crippen LogP contribution in [0.2, 0.25) is 0 Å². The van der Waals surface area contributed by atoms with Crippen molar-refractivity contribution in [3.05, 3.63) is 94.3 Å². The van der Waals surface area contributed by atoms with Crippen LogP contribution in [0.3, 0.4) is 0 Å². The van der Waals surface area contributed by atoms with Gasteiger partial charge in [-0.3, -0.25) is 0 Å². The van der Waals surface area contributed by atoms with E-state index in [1.807, 2.05) is 24.3 Å². The van der Waals surface area contributed by atoms with E-state index >= 15 is 0 Å². The molecule has 3 aromatic carbocycles. The molecule has 4 aromatic rings. The van der Waals surface area contributed by atoms with Crippen LogP contribution in [-0.4, -0.2) is 40.8 Å². The second-order valence-corrected chi connectivity index (χ2v) is 7.71. The number of aromatic nitrogens is 3. The molecule has 36 heavy (non-hydrogen) atoms. The van der Waals surface area contributed by atoms with Crippen LogP contribution in [0.25, 0.3) is 11.4 Å². The number of esters is 1. The summed E-state index contributed by atoms with van der Waals surface area (Å²) in [6.45, 7) is -2.63. The average Bonchev–Trinajstić information content (AvgIpc) is 3.26. The van der Waals surface area contributed by atoms with E-state index in [2.05, 4.69) is 20.0 Å². The SMILES string of the molecule is COC(=O)c1ccc(COc2ccccc2C=Nn2c(-c3ccc(OC(F)F)cc3)n[nH]c2=S)cc1. The number of benzene rings is 3. The van der Waals surface area contributed by atoms with E-state index in [9.17, 15) is 13.6 Å². The Bertz CT molecular complexity index is 1420. The van der Waals surface area contributed by atoms with E-state index in [1.165, 1.54) is 23.9 Å². The third-order valence-electron chi connectivity index (χ3n) is 4.99. The van der Waals surface area contributed by atoms with Crippen molar-refractivity contribution >= 4 is 24.4 Å². The van der Waals surface area contributed by atoms with Crippen molar-refractivity contribution < 1.29 is 27.8 Å². The van der Waals surface area contributed by atoms with Gasteiger partial charge in [-0.2, -0.15) is 23.7 Å². The number of H-pyrrole nitrogens is 1. The van der Waals surface area contributed by atoms with E-state index in [0.717, 1.165) is 5.56 Å². The van der Waals surface area contributed by atoms with Gasteiger partial charge in [-0.15, -0.1) is 0 Å². The van der Waals surface area contributed by atoms with Gasteiger partial charge in [-0.05, 0) is 66.3 Å². The number of ether oxygens (including phenoxy) is 3. The lowest BCUT2D eigenvalue weighted by Gasteiger charge is -2.09. The lowest BCUT2D eigenvalue weighted by atomic mass is 10.1. The van der Waals surface area contributed by atoms with Gasteiger partial charge in [0.1, 0.15) is 18.1 Å². The lowest BCUT2D eigenvalue weighted by Crippen LogP contribution is -2.03. The van der Waals surface area contributed by atoms with Gasteiger partial charge in [0, 0.05) is 11.1 Å². The summed E-state index contributed by atoms with van der Waals surface area (Å²) in [5.41, 5.74) is 2.62. The van der Waals surface area contributed by atoms with E-state index < -0.39 is 12.6 Å². The number of hydrogen-bond donors (Lipinski definition) is 1. The number of carbonyl (C=O) groups is 1. The molecule has 1 N–H and O–H groups in total. The maximum absolute atomic E-state index is 12.4. The highest BCUT2D eigenvalue weighted by atomic mass is 32.1. The monoisotopic (exact) mass is 510 g/mol. The highest BCUT2D eigenvalue weighted by molar-refractivity contribution is 7.71. The quantitative estimate of drug-likeness (QED) is 0.183. The molecule has 0 saturated carbocycles. The van der Waals surface area contributed by atoms with Crippen molar-refractivity contribution in [3.8, 4) is 22.9 Å². The molecule has 0 radical (unpaired) electrons. The molecule has 0 unspecified atom stereocenters. The Hall–Kier alpha value is -4.38. The topological polar surface area (TPSA) is 90.7 Å². The second-order valence-electron chi connectivity index (χ2n) is 7.33. The molecule has 0 atom stereocenters. The Morgan fingerprint density at radius 3 is 2.53 bits per heavy atom. The molecule has 11 heteroatoms. The van der Waals surface area contributed by atoms with Crippen molar-refractivity contribution in [2.45, 2.75) is 13.2 Å². The van der Waals surface area contributed by atoms with Crippen molar-refractivity contribution in [1.29, 1.82) is 0 Å². The van der Waals surface area contributed by atoms with Crippen LogP contribution >= 0.6 is 12.2 Å². The number of para-hydroxylation sites is 1. The van der Waals surface area contributed by atoms with Crippen molar-refractivity contribution in [2.75, 3.05) is 7.11 Å². The first-order chi connectivity index (χ1) is 17.4. The van der Waals surface area contributed by atoms with Gasteiger partial charge in [-0.25, -0.2) is 9.89 Å². The maximum Gasteiger partial charge on any atom is 0.387 e. The molecule has 0 fully saturated rings. The molecule has 0 aliphatic carbocycles. The molecule has 1 aromatic heterocycles. The van der Waals surface area contributed by atoms with E-state index in [1.54, 1.807) is 42.6 Å². The minimum absolute atomic E-state index is 0.0314. The van der Waals surface area contributed by atoms with Gasteiger partial charge in [0.2, 0.25) is 4.77 Å². The van der Waals surface area contributed by atoms with Gasteiger partial charge < -0.3 is 14.2 Å². The summed E-state index contributed by atoms with van der Waals surface area (Å²) in [5.74, 6) is 0.606. The molecular weight excluding hydrogens is 490 g/mol. The number of nitrogens with one attached hydrogen (secondary N) is 1. The Labute approximate surface area is 209 Å². The molecule has 4 rings (SSSR count). The number of methoxy groups -OCH3 is 1. The van der Waals surface area contributed by atoms with Crippen LogP contribution in [0.4, 0.5) is 8.78 Å². The van der Waals surface area contributed by atoms with E-state index in [-0.39, 0.29) is 17.1 Å². The molecule has 0 aliphatic rings. The number of carbonyl (C=O) groups excluding carboxylic acids is 1. The summed E-state index contributed by atoms with van der Waals surface area (Å²) in [4.78, 5) is 11.6. The maximum atomic E-state index is 12.4. The van der Waals surface area contributed by atoms with E-state index in [4.69, 9.17) is 21.7 Å². The lowest BCUT2D eigenvalue weighted by molar-refractivity contribution is -0.0498. The summed E-state index contributed by atoms with van der Waals surface area (Å²) in [7, 11) is 1.33. The fraction of sp³-hybridized carbons (Fsp3) is 0.120. The molecule has 0 amide bonds. The Balaban J connectivity index is 1.51. The van der Waals surface area contributed by atoms with Crippen LogP contribution in [0.15, 0.2) is 77.9 Å². The fourth-order valence-electron chi connectivity index (χ4n) is 3.23. The molecule has 0 spiro atoms. The van der Waals surface area contributed by atoms with Crippen molar-refractivity contribution in [3.63, 3.8) is 0 Å². The number of alkyl halides is 2. The smallest absolute Gasteiger partial charge is 0.387 e. The molecule has 0 aliphatic heterocycles. The van der Waals surface area contributed by atoms with E-state index in [0.29, 0.717) is 28.3 Å². The third kappa shape index (κ3) is 5.99. The predicted molar refractivity (Wildman–Crippen MR) is 131 cm³/mol. The Kier molecular flexibility index (Phi) is 7.81. The zero-order valence-electron chi connectivity index (χ0n) is 18.9. The predicted octanol–water partition coefficient (Wildman–Crippen LogP) is 5.46. The summed E-state index contributed by atoms with van der Waals surface area (Å²) >= 11 is 5.30. The number of aromatic amines is 1.